The molecule has 0 rings (SSSR count). The number of amides is 3. The lowest BCUT2D eigenvalue weighted by Gasteiger charge is -2.24. The van der Waals surface area contributed by atoms with Gasteiger partial charge in [0.25, 0.3) is 0 Å². The number of nitrogens with two attached hydrogens (primary N) is 1. The summed E-state index contributed by atoms with van der Waals surface area (Å²) in [7, 11) is 0. The first-order chi connectivity index (χ1) is 13.0. The SMILES string of the molecule is CCC[C@H](N)C(=O)N[C@@H](CC(C)C)C(=O)N[C@@H](C)C(=O)N[C@H](C=O)CC(C)C. The Bertz CT molecular complexity index is 522. The molecule has 162 valence electrons. The highest BCUT2D eigenvalue weighted by atomic mass is 16.2. The van der Waals surface area contributed by atoms with E-state index in [0.717, 1.165) is 6.42 Å². The number of aldehydes is 1. The number of carbonyl (C=O) groups excluding carboxylic acids is 4. The summed E-state index contributed by atoms with van der Waals surface area (Å²) in [6, 6.07) is -2.87. The molecule has 8 nitrogen and oxygen atoms in total. The Kier molecular flexibility index (Phi) is 12.3. The molecule has 0 aromatic rings. The van der Waals surface area contributed by atoms with Gasteiger partial charge in [-0.3, -0.25) is 14.4 Å². The maximum Gasteiger partial charge on any atom is 0.243 e. The van der Waals surface area contributed by atoms with Gasteiger partial charge in [-0.15, -0.1) is 0 Å². The zero-order valence-corrected chi connectivity index (χ0v) is 18.1. The highest BCUT2D eigenvalue weighted by Crippen LogP contribution is 2.07. The van der Waals surface area contributed by atoms with Crippen molar-refractivity contribution in [3.63, 3.8) is 0 Å². The van der Waals surface area contributed by atoms with Crippen molar-refractivity contribution in [3.05, 3.63) is 0 Å². The van der Waals surface area contributed by atoms with Crippen LogP contribution >= 0.6 is 0 Å². The van der Waals surface area contributed by atoms with Crippen molar-refractivity contribution >= 4 is 24.0 Å². The van der Waals surface area contributed by atoms with E-state index in [1.54, 1.807) is 6.92 Å². The quantitative estimate of drug-likeness (QED) is 0.342. The third kappa shape index (κ3) is 10.4. The standard InChI is InChI=1S/C20H38N4O4/c1-7-8-16(21)19(27)24-17(10-13(4)5)20(28)22-14(6)18(26)23-15(11-25)9-12(2)3/h11-17H,7-10,21H2,1-6H3,(H,22,28)(H,23,26)(H,24,27)/t14-,15-,16-,17-/m0/s1. The first-order valence-corrected chi connectivity index (χ1v) is 10.1. The fourth-order valence-corrected chi connectivity index (χ4v) is 2.77. The Balaban J connectivity index is 4.92. The van der Waals surface area contributed by atoms with Gasteiger partial charge in [-0.2, -0.15) is 0 Å². The molecule has 0 aliphatic heterocycles. The number of carbonyl (C=O) groups is 4. The van der Waals surface area contributed by atoms with Crippen LogP contribution in [0.15, 0.2) is 0 Å². The molecule has 0 aromatic carbocycles. The van der Waals surface area contributed by atoms with E-state index in [0.29, 0.717) is 25.5 Å². The molecule has 28 heavy (non-hydrogen) atoms. The smallest absolute Gasteiger partial charge is 0.243 e. The van der Waals surface area contributed by atoms with Crippen molar-refractivity contribution in [2.24, 2.45) is 17.6 Å². The van der Waals surface area contributed by atoms with E-state index in [1.807, 2.05) is 34.6 Å². The first-order valence-electron chi connectivity index (χ1n) is 10.1. The lowest BCUT2D eigenvalue weighted by atomic mass is 10.0. The summed E-state index contributed by atoms with van der Waals surface area (Å²) in [5, 5.41) is 7.94. The van der Waals surface area contributed by atoms with Gasteiger partial charge in [0.1, 0.15) is 18.4 Å². The molecule has 0 heterocycles. The third-order valence-corrected chi connectivity index (χ3v) is 4.25. The van der Waals surface area contributed by atoms with Crippen LogP contribution in [0.1, 0.15) is 67.2 Å². The second-order valence-corrected chi connectivity index (χ2v) is 8.20. The molecule has 0 aromatic heterocycles. The highest BCUT2D eigenvalue weighted by molar-refractivity contribution is 5.93. The number of hydrogen-bond donors (Lipinski definition) is 4. The topological polar surface area (TPSA) is 130 Å². The van der Waals surface area contributed by atoms with Gasteiger partial charge in [0.15, 0.2) is 0 Å². The maximum atomic E-state index is 12.6. The molecule has 5 N–H and O–H groups in total. The number of hydrogen-bond acceptors (Lipinski definition) is 5. The summed E-state index contributed by atoms with van der Waals surface area (Å²) in [4.78, 5) is 48.3. The molecule has 0 aliphatic carbocycles. The molecule has 8 heteroatoms. The molecular formula is C20H38N4O4. The molecule has 0 saturated heterocycles. The molecule has 3 amide bonds. The monoisotopic (exact) mass is 398 g/mol. The summed E-state index contributed by atoms with van der Waals surface area (Å²) < 4.78 is 0. The summed E-state index contributed by atoms with van der Waals surface area (Å²) in [5.41, 5.74) is 5.83. The van der Waals surface area contributed by atoms with E-state index in [4.69, 9.17) is 5.73 Å². The number of rotatable bonds is 13. The average molecular weight is 399 g/mol. The second-order valence-electron chi connectivity index (χ2n) is 8.20. The van der Waals surface area contributed by atoms with E-state index in [-0.39, 0.29) is 17.7 Å². The van der Waals surface area contributed by atoms with Crippen LogP contribution in [0.25, 0.3) is 0 Å². The van der Waals surface area contributed by atoms with Gasteiger partial charge in [0.2, 0.25) is 17.7 Å². The molecule has 0 unspecified atom stereocenters. The Morgan fingerprint density at radius 3 is 1.89 bits per heavy atom. The normalized spacial score (nSPS) is 15.5. The van der Waals surface area contributed by atoms with Gasteiger partial charge in [-0.25, -0.2) is 0 Å². The van der Waals surface area contributed by atoms with Crippen LogP contribution < -0.4 is 21.7 Å². The maximum absolute atomic E-state index is 12.6. The fraction of sp³-hybridized carbons (Fsp3) is 0.800. The fourth-order valence-electron chi connectivity index (χ4n) is 2.77. The van der Waals surface area contributed by atoms with Crippen LogP contribution in [0.4, 0.5) is 0 Å². The average Bonchev–Trinajstić information content (AvgIpc) is 2.59. The minimum absolute atomic E-state index is 0.160. The van der Waals surface area contributed by atoms with E-state index >= 15 is 0 Å². The molecule has 0 radical (unpaired) electrons. The van der Waals surface area contributed by atoms with E-state index < -0.39 is 36.0 Å². The van der Waals surface area contributed by atoms with Crippen LogP contribution in [-0.4, -0.2) is 48.2 Å². The van der Waals surface area contributed by atoms with Crippen molar-refractivity contribution in [1.82, 2.24) is 16.0 Å². The summed E-state index contributed by atoms with van der Waals surface area (Å²) >= 11 is 0. The Morgan fingerprint density at radius 1 is 0.857 bits per heavy atom. The van der Waals surface area contributed by atoms with Crippen molar-refractivity contribution in [2.45, 2.75) is 91.4 Å². The molecule has 0 aliphatic rings. The van der Waals surface area contributed by atoms with Gasteiger partial charge in [0.05, 0.1) is 12.1 Å². The molecular weight excluding hydrogens is 360 g/mol. The van der Waals surface area contributed by atoms with Crippen LogP contribution in [0.3, 0.4) is 0 Å². The van der Waals surface area contributed by atoms with Crippen LogP contribution in [0.2, 0.25) is 0 Å². The van der Waals surface area contributed by atoms with Crippen LogP contribution in [0, 0.1) is 11.8 Å². The molecule has 0 saturated carbocycles. The van der Waals surface area contributed by atoms with Crippen molar-refractivity contribution in [3.8, 4) is 0 Å². The van der Waals surface area contributed by atoms with Gasteiger partial charge in [-0.05, 0) is 38.0 Å². The Labute approximate surface area is 168 Å². The van der Waals surface area contributed by atoms with Gasteiger partial charge < -0.3 is 26.5 Å². The minimum atomic E-state index is -0.835. The molecule has 4 atom stereocenters. The van der Waals surface area contributed by atoms with Gasteiger partial charge in [-0.1, -0.05) is 41.0 Å². The lowest BCUT2D eigenvalue weighted by molar-refractivity contribution is -0.133. The van der Waals surface area contributed by atoms with E-state index in [1.165, 1.54) is 0 Å². The second kappa shape index (κ2) is 13.3. The summed E-state index contributed by atoms with van der Waals surface area (Å²) in [6.07, 6.45) is 2.94. The van der Waals surface area contributed by atoms with Gasteiger partial charge >= 0.3 is 0 Å². The summed E-state index contributed by atoms with van der Waals surface area (Å²) in [6.45, 7) is 11.3. The lowest BCUT2D eigenvalue weighted by Crippen LogP contribution is -2.56. The third-order valence-electron chi connectivity index (χ3n) is 4.25. The zero-order chi connectivity index (χ0) is 21.9. The Hall–Kier alpha value is -1.96. The zero-order valence-electron chi connectivity index (χ0n) is 18.1. The van der Waals surface area contributed by atoms with Crippen LogP contribution in [0.5, 0.6) is 0 Å². The Morgan fingerprint density at radius 2 is 1.43 bits per heavy atom. The molecule has 0 bridgehead atoms. The molecule has 0 fully saturated rings. The van der Waals surface area contributed by atoms with Gasteiger partial charge in [0, 0.05) is 0 Å². The largest absolute Gasteiger partial charge is 0.345 e. The van der Waals surface area contributed by atoms with E-state index in [9.17, 15) is 19.2 Å². The summed E-state index contributed by atoms with van der Waals surface area (Å²) in [5.74, 6) is -0.854. The van der Waals surface area contributed by atoms with Crippen molar-refractivity contribution < 1.29 is 19.2 Å². The predicted octanol–water partition coefficient (Wildman–Crippen LogP) is 0.879. The van der Waals surface area contributed by atoms with Crippen molar-refractivity contribution in [2.75, 3.05) is 0 Å². The minimum Gasteiger partial charge on any atom is -0.345 e. The number of nitrogens with one attached hydrogen (secondary N) is 3. The van der Waals surface area contributed by atoms with Crippen LogP contribution in [-0.2, 0) is 19.2 Å². The van der Waals surface area contributed by atoms with Crippen molar-refractivity contribution in [1.29, 1.82) is 0 Å². The first kappa shape index (κ1) is 26.0. The predicted molar refractivity (Wildman–Crippen MR) is 109 cm³/mol. The molecule has 0 spiro atoms. The highest BCUT2D eigenvalue weighted by Gasteiger charge is 2.27. The van der Waals surface area contributed by atoms with E-state index in [2.05, 4.69) is 16.0 Å².